The molecule has 0 aliphatic carbocycles. The fourth-order valence-corrected chi connectivity index (χ4v) is 4.41. The van der Waals surface area contributed by atoms with Gasteiger partial charge >= 0.3 is 42.2 Å². The standard InChI is InChI=1S/C21H20F17N2O3S.HI/c1-40(2,3)10-4-9-39-44(41,42)12-7-5-11(6-8-12)43-14(17(24,25)26)13(15(22,18(27,28)29)19(30,31)32)16(23,20(33,34)35)21(36,37)38;/h5-8,39H,4,9-10H2,1-3H3;1H/q+1;/p-1. The van der Waals surface area contributed by atoms with Crippen molar-refractivity contribution >= 4 is 10.0 Å². The lowest BCUT2D eigenvalue weighted by Gasteiger charge is -2.41. The Hall–Kier alpha value is -1.83. The van der Waals surface area contributed by atoms with Gasteiger partial charge in [0.2, 0.25) is 15.8 Å². The minimum atomic E-state index is -8.32. The molecule has 1 rings (SSSR count). The lowest BCUT2D eigenvalue weighted by molar-refractivity contribution is -0.870. The lowest BCUT2D eigenvalue weighted by atomic mass is 9.79. The molecule has 0 spiro atoms. The average molecular weight is 830 g/mol. The van der Waals surface area contributed by atoms with E-state index in [2.05, 4.69) is 4.74 Å². The van der Waals surface area contributed by atoms with E-state index in [9.17, 15) is 83.1 Å². The Kier molecular flexibility index (Phi) is 12.8. The van der Waals surface area contributed by atoms with Crippen molar-refractivity contribution in [1.29, 1.82) is 0 Å². The van der Waals surface area contributed by atoms with Crippen LogP contribution in [0.25, 0.3) is 0 Å². The van der Waals surface area contributed by atoms with Gasteiger partial charge in [0.15, 0.2) is 0 Å². The number of benzene rings is 1. The highest BCUT2D eigenvalue weighted by Crippen LogP contribution is 2.63. The number of quaternary nitrogens is 1. The molecule has 0 amide bonds. The fourth-order valence-electron chi connectivity index (χ4n) is 3.34. The van der Waals surface area contributed by atoms with E-state index in [0.717, 1.165) is 0 Å². The summed E-state index contributed by atoms with van der Waals surface area (Å²) in [7, 11) is 0.640. The zero-order chi connectivity index (χ0) is 35.2. The van der Waals surface area contributed by atoms with Crippen molar-refractivity contribution in [1.82, 2.24) is 4.72 Å². The predicted octanol–water partition coefficient (Wildman–Crippen LogP) is 3.93. The van der Waals surface area contributed by atoms with Crippen LogP contribution in [0.1, 0.15) is 6.42 Å². The molecule has 1 aromatic rings. The summed E-state index contributed by atoms with van der Waals surface area (Å²) >= 11 is 0. The Bertz CT molecular complexity index is 1220. The van der Waals surface area contributed by atoms with Crippen LogP contribution < -0.4 is 33.4 Å². The highest BCUT2D eigenvalue weighted by atomic mass is 127. The maximum absolute atomic E-state index is 14.7. The van der Waals surface area contributed by atoms with Gasteiger partial charge in [-0.1, -0.05) is 0 Å². The second-order valence-electron chi connectivity index (χ2n) is 9.85. The number of allylic oxidation sites excluding steroid dienone is 2. The quantitative estimate of drug-likeness (QED) is 0.128. The third-order valence-corrected chi connectivity index (χ3v) is 6.86. The van der Waals surface area contributed by atoms with Gasteiger partial charge < -0.3 is 33.2 Å². The maximum Gasteiger partial charge on any atom is 0.449 e. The van der Waals surface area contributed by atoms with Gasteiger partial charge in [0.25, 0.3) is 0 Å². The summed E-state index contributed by atoms with van der Waals surface area (Å²) in [5.74, 6) is -6.54. The highest BCUT2D eigenvalue weighted by Gasteiger charge is 2.88. The van der Waals surface area contributed by atoms with Gasteiger partial charge in [-0.05, 0) is 24.3 Å². The normalized spacial score (nSPS) is 14.6. The molecule has 24 heteroatoms. The first-order valence-corrected chi connectivity index (χ1v) is 12.7. The van der Waals surface area contributed by atoms with Crippen LogP contribution in [0.4, 0.5) is 74.6 Å². The molecule has 1 N–H and O–H groups in total. The highest BCUT2D eigenvalue weighted by molar-refractivity contribution is 7.89. The summed E-state index contributed by atoms with van der Waals surface area (Å²) in [5.41, 5.74) is -22.2. The Morgan fingerprint density at radius 1 is 0.689 bits per heavy atom. The molecule has 0 radical (unpaired) electrons. The average Bonchev–Trinajstić information content (AvgIpc) is 2.77. The third-order valence-electron chi connectivity index (χ3n) is 5.39. The van der Waals surface area contributed by atoms with Crippen molar-refractivity contribution in [3.8, 4) is 5.75 Å². The molecule has 0 saturated carbocycles. The first kappa shape index (κ1) is 43.2. The fraction of sp³-hybridized carbons (Fsp3) is 0.619. The van der Waals surface area contributed by atoms with Gasteiger partial charge in [-0.2, -0.15) is 65.9 Å². The lowest BCUT2D eigenvalue weighted by Crippen LogP contribution is -3.00. The van der Waals surface area contributed by atoms with Crippen LogP contribution in [-0.2, 0) is 10.0 Å². The minimum absolute atomic E-state index is 0. The van der Waals surface area contributed by atoms with Gasteiger partial charge in [0.05, 0.1) is 38.2 Å². The first-order valence-electron chi connectivity index (χ1n) is 11.2. The number of hydrogen-bond donors (Lipinski definition) is 1. The van der Waals surface area contributed by atoms with Crippen LogP contribution in [0.2, 0.25) is 0 Å². The molecule has 0 unspecified atom stereocenters. The van der Waals surface area contributed by atoms with Gasteiger partial charge in [-0.25, -0.2) is 21.9 Å². The van der Waals surface area contributed by atoms with Crippen LogP contribution in [0.15, 0.2) is 40.5 Å². The van der Waals surface area contributed by atoms with Crippen LogP contribution in [0.5, 0.6) is 5.75 Å². The van der Waals surface area contributed by atoms with Crippen LogP contribution in [0.3, 0.4) is 0 Å². The molecule has 0 saturated heterocycles. The molecule has 0 bridgehead atoms. The zero-order valence-electron chi connectivity index (χ0n) is 22.3. The Balaban J connectivity index is 0.0000194. The number of alkyl halides is 17. The number of ether oxygens (including phenoxy) is 1. The molecule has 0 aromatic heterocycles. The second-order valence-corrected chi connectivity index (χ2v) is 11.6. The van der Waals surface area contributed by atoms with Gasteiger partial charge in [0.1, 0.15) is 5.75 Å². The SMILES string of the molecule is C[N+](C)(C)CCCNS(=O)(=O)c1ccc(OC(=C(C(F)(C(F)(F)F)C(F)(F)F)C(F)(C(F)(F)F)C(F)(F)F)C(F)(F)F)cc1.[I-]. The van der Waals surface area contributed by atoms with Crippen LogP contribution in [0, 0.1) is 0 Å². The van der Waals surface area contributed by atoms with Crippen LogP contribution in [-0.4, -0.2) is 89.4 Å². The van der Waals surface area contributed by atoms with Crippen molar-refractivity contribution in [2.24, 2.45) is 0 Å². The van der Waals surface area contributed by atoms with Crippen molar-refractivity contribution < 1.29 is 116 Å². The molecule has 0 aliphatic heterocycles. The van der Waals surface area contributed by atoms with Gasteiger partial charge in [0, 0.05) is 13.0 Å². The summed E-state index contributed by atoms with van der Waals surface area (Å²) in [6.07, 6.45) is -39.6. The Morgan fingerprint density at radius 2 is 1.04 bits per heavy atom. The summed E-state index contributed by atoms with van der Waals surface area (Å²) in [5, 5.41) is 0. The number of nitrogens with zero attached hydrogens (tertiary/aromatic N) is 1. The van der Waals surface area contributed by atoms with Gasteiger partial charge in [-0.15, -0.1) is 0 Å². The second kappa shape index (κ2) is 13.4. The van der Waals surface area contributed by atoms with Crippen molar-refractivity contribution in [2.45, 2.75) is 53.5 Å². The van der Waals surface area contributed by atoms with E-state index in [1.165, 1.54) is 0 Å². The van der Waals surface area contributed by atoms with E-state index in [4.69, 9.17) is 0 Å². The maximum atomic E-state index is 14.7. The Labute approximate surface area is 260 Å². The van der Waals surface area contributed by atoms with E-state index < -0.39 is 74.2 Å². The van der Waals surface area contributed by atoms with Crippen molar-refractivity contribution in [3.05, 3.63) is 35.6 Å². The van der Waals surface area contributed by atoms with E-state index in [-0.39, 0.29) is 61.2 Å². The molecule has 1 aromatic carbocycles. The predicted molar refractivity (Wildman–Crippen MR) is 115 cm³/mol. The monoisotopic (exact) mass is 830 g/mol. The molecule has 45 heavy (non-hydrogen) atoms. The molecule has 0 heterocycles. The number of sulfonamides is 1. The summed E-state index contributed by atoms with van der Waals surface area (Å²) in [6, 6.07) is 0.313. The largest absolute Gasteiger partial charge is 1.00 e. The summed E-state index contributed by atoms with van der Waals surface area (Å²) in [4.78, 5) is -0.899. The third kappa shape index (κ3) is 9.38. The number of hydrogen-bond acceptors (Lipinski definition) is 3. The van der Waals surface area contributed by atoms with Crippen molar-refractivity contribution in [3.63, 3.8) is 0 Å². The topological polar surface area (TPSA) is 55.4 Å². The van der Waals surface area contributed by atoms with E-state index in [0.29, 0.717) is 11.0 Å². The zero-order valence-corrected chi connectivity index (χ0v) is 25.3. The smallest absolute Gasteiger partial charge is 0.449 e. The first-order chi connectivity index (χ1) is 19.1. The van der Waals surface area contributed by atoms with Gasteiger partial charge in [-0.3, -0.25) is 0 Å². The number of rotatable bonds is 10. The number of halogens is 18. The van der Waals surface area contributed by atoms with E-state index in [1.54, 1.807) is 21.1 Å². The molecule has 0 aliphatic rings. The molecule has 0 atom stereocenters. The Morgan fingerprint density at radius 3 is 1.33 bits per heavy atom. The van der Waals surface area contributed by atoms with E-state index in [1.807, 2.05) is 4.72 Å². The summed E-state index contributed by atoms with van der Waals surface area (Å²) < 4.78 is 261. The van der Waals surface area contributed by atoms with Crippen LogP contribution >= 0.6 is 0 Å². The molecule has 0 fully saturated rings. The number of nitrogens with one attached hydrogen (secondary N) is 1. The molecular formula is C21H20F17IN2O3S. The summed E-state index contributed by atoms with van der Waals surface area (Å²) in [6.45, 7) is 0.156. The molecular weight excluding hydrogens is 810 g/mol. The minimum Gasteiger partial charge on any atom is -1.00 e. The van der Waals surface area contributed by atoms with E-state index >= 15 is 0 Å². The van der Waals surface area contributed by atoms with Crippen molar-refractivity contribution in [2.75, 3.05) is 34.2 Å². The molecule has 264 valence electrons. The molecule has 5 nitrogen and oxygen atoms in total.